The van der Waals surface area contributed by atoms with Gasteiger partial charge in [-0.05, 0) is 54.7 Å². The third-order valence-electron chi connectivity index (χ3n) is 11.0. The lowest BCUT2D eigenvalue weighted by Gasteiger charge is -2.32. The number of piperidine rings is 2. The van der Waals surface area contributed by atoms with Crippen LogP contribution in [0, 0.1) is 5.82 Å². The second-order valence-corrected chi connectivity index (χ2v) is 15.0. The molecular weight excluding hydrogens is 808 g/mol. The van der Waals surface area contributed by atoms with Gasteiger partial charge in [0.1, 0.15) is 28.9 Å². The number of carbonyl (C=O) groups excluding carboxylic acids is 6. The SMILES string of the molecule is COc1cc(C(=O)NC2CCN(Cc3ccc4c(c3)C(=O)N(C3CCC(=O)NC3=O)C4=O)CC2)c(F)cc1Nc1ncc(C(F)(F)F)c(Oc2cccc3c2C(=O)N(C)C3)n1. The zero-order valence-electron chi connectivity index (χ0n) is 32.5. The van der Waals surface area contributed by atoms with Crippen molar-refractivity contribution in [2.24, 2.45) is 0 Å². The highest BCUT2D eigenvalue weighted by molar-refractivity contribution is 6.23. The normalized spacial score (nSPS) is 18.3. The molecule has 1 atom stereocenters. The highest BCUT2D eigenvalue weighted by atomic mass is 19.4. The molecule has 4 aromatic rings. The molecule has 0 aliphatic carbocycles. The minimum absolute atomic E-state index is 0.0165. The molecule has 8 rings (SSSR count). The van der Waals surface area contributed by atoms with Crippen LogP contribution in [0.2, 0.25) is 0 Å². The molecule has 2 fully saturated rings. The number of benzene rings is 3. The number of rotatable bonds is 10. The largest absolute Gasteiger partial charge is 0.495 e. The van der Waals surface area contributed by atoms with Crippen LogP contribution in [0.3, 0.4) is 0 Å². The topological polar surface area (TPSA) is 192 Å². The van der Waals surface area contributed by atoms with Crippen LogP contribution in [0.5, 0.6) is 17.4 Å². The average molecular weight is 845 g/mol. The number of nitrogens with zero attached hydrogens (tertiary/aromatic N) is 5. The van der Waals surface area contributed by atoms with Crippen molar-refractivity contribution in [1.29, 1.82) is 0 Å². The van der Waals surface area contributed by atoms with Crippen LogP contribution in [0.4, 0.5) is 29.2 Å². The molecule has 316 valence electrons. The summed E-state index contributed by atoms with van der Waals surface area (Å²) in [5.74, 6) is -5.97. The number of nitrogens with one attached hydrogen (secondary N) is 3. The summed E-state index contributed by atoms with van der Waals surface area (Å²) in [6, 6.07) is 10.1. The Labute approximate surface area is 344 Å². The number of aromatic nitrogens is 2. The molecule has 4 aliphatic rings. The second kappa shape index (κ2) is 15.9. The van der Waals surface area contributed by atoms with Crippen molar-refractivity contribution < 1.29 is 55.8 Å². The van der Waals surface area contributed by atoms with Crippen LogP contribution >= 0.6 is 0 Å². The van der Waals surface area contributed by atoms with E-state index in [1.165, 1.54) is 24.1 Å². The summed E-state index contributed by atoms with van der Waals surface area (Å²) >= 11 is 0. The van der Waals surface area contributed by atoms with E-state index < -0.39 is 70.9 Å². The summed E-state index contributed by atoms with van der Waals surface area (Å²) in [7, 11) is 2.80. The maximum atomic E-state index is 15.6. The maximum absolute atomic E-state index is 15.6. The lowest BCUT2D eigenvalue weighted by Crippen LogP contribution is -2.54. The number of anilines is 2. The van der Waals surface area contributed by atoms with E-state index >= 15 is 4.39 Å². The molecule has 3 N–H and O–H groups in total. The van der Waals surface area contributed by atoms with Gasteiger partial charge in [-0.25, -0.2) is 9.37 Å². The Balaban J connectivity index is 0.903. The number of halogens is 4. The number of likely N-dealkylation sites (tertiary alicyclic amines) is 1. The number of amides is 6. The summed E-state index contributed by atoms with van der Waals surface area (Å²) in [6.45, 7) is 1.74. The fraction of sp³-hybridized carbons (Fsp3) is 0.317. The van der Waals surface area contributed by atoms with E-state index in [-0.39, 0.29) is 64.9 Å². The van der Waals surface area contributed by atoms with Gasteiger partial charge in [0.2, 0.25) is 23.6 Å². The Hall–Kier alpha value is -6.96. The van der Waals surface area contributed by atoms with Gasteiger partial charge in [-0.15, -0.1) is 0 Å². The first-order valence-electron chi connectivity index (χ1n) is 19.1. The molecule has 0 spiro atoms. The summed E-state index contributed by atoms with van der Waals surface area (Å²) in [5, 5.41) is 7.66. The molecule has 0 saturated carbocycles. The van der Waals surface area contributed by atoms with Gasteiger partial charge < -0.3 is 25.0 Å². The van der Waals surface area contributed by atoms with Gasteiger partial charge in [0.25, 0.3) is 23.6 Å². The third-order valence-corrected chi connectivity index (χ3v) is 11.0. The minimum Gasteiger partial charge on any atom is -0.495 e. The molecule has 0 bridgehead atoms. The van der Waals surface area contributed by atoms with Crippen LogP contribution in [0.25, 0.3) is 0 Å². The van der Waals surface area contributed by atoms with Crippen molar-refractivity contribution in [2.45, 2.75) is 57.0 Å². The zero-order valence-corrected chi connectivity index (χ0v) is 32.5. The first-order valence-corrected chi connectivity index (χ1v) is 19.1. The molecule has 2 saturated heterocycles. The molecule has 16 nitrogen and oxygen atoms in total. The Morgan fingerprint density at radius 2 is 1.70 bits per heavy atom. The van der Waals surface area contributed by atoms with Gasteiger partial charge >= 0.3 is 6.18 Å². The first-order chi connectivity index (χ1) is 29.1. The van der Waals surface area contributed by atoms with E-state index in [1.54, 1.807) is 31.3 Å². The van der Waals surface area contributed by atoms with E-state index in [9.17, 15) is 41.9 Å². The quantitative estimate of drug-likeness (QED) is 0.149. The lowest BCUT2D eigenvalue weighted by atomic mass is 10.0. The fourth-order valence-corrected chi connectivity index (χ4v) is 7.84. The van der Waals surface area contributed by atoms with Crippen molar-refractivity contribution in [3.63, 3.8) is 0 Å². The Morgan fingerprint density at radius 1 is 0.951 bits per heavy atom. The van der Waals surface area contributed by atoms with E-state index in [2.05, 4.69) is 30.8 Å². The molecule has 0 radical (unpaired) electrons. The molecule has 1 unspecified atom stereocenters. The number of imide groups is 2. The number of hydrogen-bond donors (Lipinski definition) is 3. The molecule has 20 heteroatoms. The standard InChI is InChI=1S/C41H36F4N8O8/c1-51-19-21-4-3-5-30(33(21)39(51)59)61-36-26(41(43,44)45)17-46-40(50-36)48-28-16-27(42)25(15-31(28)60-2)34(55)47-22-10-12-52(13-11-22)18-20-6-7-23-24(14-20)38(58)53(37(23)57)29-8-9-32(54)49-35(29)56/h3-7,14-17,22,29H,8-13,18-19H2,1-2H3,(H,47,55)(H,46,48,50)(H,49,54,56). The Morgan fingerprint density at radius 3 is 2.43 bits per heavy atom. The molecule has 6 amide bonds. The number of hydrogen-bond acceptors (Lipinski definition) is 12. The smallest absolute Gasteiger partial charge is 0.423 e. The number of carbonyl (C=O) groups is 6. The highest BCUT2D eigenvalue weighted by Crippen LogP contribution is 2.40. The van der Waals surface area contributed by atoms with Crippen molar-refractivity contribution in [2.75, 3.05) is 32.6 Å². The van der Waals surface area contributed by atoms with Crippen LogP contribution in [-0.2, 0) is 28.9 Å². The average Bonchev–Trinajstić information content (AvgIpc) is 3.64. The molecular formula is C41H36F4N8O8. The molecule has 3 aromatic carbocycles. The molecule has 5 heterocycles. The predicted octanol–water partition coefficient (Wildman–Crippen LogP) is 4.56. The summed E-state index contributed by atoms with van der Waals surface area (Å²) in [6.07, 6.45) is -3.37. The van der Waals surface area contributed by atoms with Crippen LogP contribution in [0.1, 0.15) is 83.8 Å². The van der Waals surface area contributed by atoms with E-state index in [0.29, 0.717) is 44.2 Å². The summed E-state index contributed by atoms with van der Waals surface area (Å²) in [5.41, 5.74) is 0.0106. The fourth-order valence-electron chi connectivity index (χ4n) is 7.84. The van der Waals surface area contributed by atoms with Crippen LogP contribution in [-0.4, -0.2) is 99.4 Å². The van der Waals surface area contributed by atoms with E-state index in [0.717, 1.165) is 22.6 Å². The van der Waals surface area contributed by atoms with Gasteiger partial charge in [-0.3, -0.25) is 43.9 Å². The Kier molecular flexibility index (Phi) is 10.6. The summed E-state index contributed by atoms with van der Waals surface area (Å²) < 4.78 is 68.6. The number of ether oxygens (including phenoxy) is 2. The van der Waals surface area contributed by atoms with E-state index in [4.69, 9.17) is 9.47 Å². The van der Waals surface area contributed by atoms with Gasteiger partial charge in [0.15, 0.2) is 0 Å². The van der Waals surface area contributed by atoms with Crippen molar-refractivity contribution in [1.82, 2.24) is 35.3 Å². The molecule has 61 heavy (non-hydrogen) atoms. The third kappa shape index (κ3) is 7.93. The van der Waals surface area contributed by atoms with Gasteiger partial charge in [0.05, 0.1) is 35.1 Å². The minimum atomic E-state index is -4.93. The van der Waals surface area contributed by atoms with Gasteiger partial charge in [0, 0.05) is 58.0 Å². The number of alkyl halides is 3. The Bertz CT molecular complexity index is 2530. The van der Waals surface area contributed by atoms with E-state index in [1.807, 2.05) is 0 Å². The monoisotopic (exact) mass is 844 g/mol. The van der Waals surface area contributed by atoms with Crippen molar-refractivity contribution >= 4 is 47.1 Å². The summed E-state index contributed by atoms with van der Waals surface area (Å²) in [4.78, 5) is 88.4. The number of methoxy groups -OCH3 is 1. The lowest BCUT2D eigenvalue weighted by molar-refractivity contribution is -0.139. The predicted molar refractivity (Wildman–Crippen MR) is 204 cm³/mol. The van der Waals surface area contributed by atoms with Gasteiger partial charge in [-0.2, -0.15) is 18.2 Å². The van der Waals surface area contributed by atoms with Crippen LogP contribution < -0.4 is 25.4 Å². The van der Waals surface area contributed by atoms with Crippen molar-refractivity contribution in [3.8, 4) is 17.4 Å². The number of fused-ring (bicyclic) bond motifs is 2. The second-order valence-electron chi connectivity index (χ2n) is 15.0. The maximum Gasteiger partial charge on any atom is 0.423 e. The van der Waals surface area contributed by atoms with Gasteiger partial charge in [-0.1, -0.05) is 18.2 Å². The van der Waals surface area contributed by atoms with Crippen LogP contribution in [0.15, 0.2) is 54.7 Å². The molecule has 4 aliphatic heterocycles. The zero-order chi connectivity index (χ0) is 43.3. The first kappa shape index (κ1) is 40.8. The highest BCUT2D eigenvalue weighted by Gasteiger charge is 2.45. The van der Waals surface area contributed by atoms with Crippen molar-refractivity contribution in [3.05, 3.63) is 99.5 Å². The molecule has 1 aromatic heterocycles.